The van der Waals surface area contributed by atoms with E-state index in [1.165, 1.54) is 0 Å². The van der Waals surface area contributed by atoms with E-state index in [4.69, 9.17) is 19.6 Å². The molecule has 5 nitrogen and oxygen atoms in total. The Bertz CT molecular complexity index is 540. The summed E-state index contributed by atoms with van der Waals surface area (Å²) in [5.74, 6) is 2.35. The topological polar surface area (TPSA) is 69.7 Å². The minimum absolute atomic E-state index is 0.0578. The Hall–Kier alpha value is -2.14. The molecular formula is C14H16N2O3. The smallest absolute Gasteiger partial charge is 0.163 e. The molecule has 1 aromatic carbocycles. The maximum Gasteiger partial charge on any atom is 0.163 e. The van der Waals surface area contributed by atoms with Crippen molar-refractivity contribution in [2.24, 2.45) is 5.73 Å². The van der Waals surface area contributed by atoms with E-state index in [2.05, 4.69) is 5.32 Å². The van der Waals surface area contributed by atoms with E-state index in [0.717, 1.165) is 22.9 Å². The van der Waals surface area contributed by atoms with Crippen LogP contribution in [0.25, 0.3) is 0 Å². The summed E-state index contributed by atoms with van der Waals surface area (Å²) in [7, 11) is 0. The van der Waals surface area contributed by atoms with Gasteiger partial charge in [-0.2, -0.15) is 0 Å². The molecule has 0 saturated heterocycles. The molecule has 0 bridgehead atoms. The Morgan fingerprint density at radius 3 is 2.74 bits per heavy atom. The number of fused-ring (bicyclic) bond motifs is 1. The summed E-state index contributed by atoms with van der Waals surface area (Å²) in [4.78, 5) is 0. The van der Waals surface area contributed by atoms with Crippen molar-refractivity contribution in [1.29, 1.82) is 0 Å². The Morgan fingerprint density at radius 2 is 2.00 bits per heavy atom. The largest absolute Gasteiger partial charge is 0.486 e. The van der Waals surface area contributed by atoms with Crippen LogP contribution in [0.2, 0.25) is 0 Å². The van der Waals surface area contributed by atoms with Gasteiger partial charge in [0, 0.05) is 18.3 Å². The third kappa shape index (κ3) is 2.51. The summed E-state index contributed by atoms with van der Waals surface area (Å²) in [5, 5.41) is 3.33. The van der Waals surface area contributed by atoms with E-state index in [1.807, 2.05) is 30.3 Å². The van der Waals surface area contributed by atoms with Gasteiger partial charge in [0.25, 0.3) is 0 Å². The maximum atomic E-state index is 5.77. The first-order valence-corrected chi connectivity index (χ1v) is 6.26. The third-order valence-corrected chi connectivity index (χ3v) is 3.01. The zero-order chi connectivity index (χ0) is 13.1. The van der Waals surface area contributed by atoms with E-state index in [-0.39, 0.29) is 6.04 Å². The fourth-order valence-electron chi connectivity index (χ4n) is 2.07. The van der Waals surface area contributed by atoms with Crippen LogP contribution in [0.3, 0.4) is 0 Å². The molecule has 0 fully saturated rings. The summed E-state index contributed by atoms with van der Waals surface area (Å²) in [6.45, 7) is 1.62. The van der Waals surface area contributed by atoms with Crippen LogP contribution >= 0.6 is 0 Å². The van der Waals surface area contributed by atoms with Gasteiger partial charge in [-0.1, -0.05) is 0 Å². The van der Waals surface area contributed by atoms with Gasteiger partial charge in [0.1, 0.15) is 19.0 Å². The molecule has 3 N–H and O–H groups in total. The van der Waals surface area contributed by atoms with E-state index in [9.17, 15) is 0 Å². The van der Waals surface area contributed by atoms with Gasteiger partial charge in [0.15, 0.2) is 11.5 Å². The standard InChI is InChI=1S/C14H16N2O3/c15-9-11(12-2-1-5-17-12)16-10-3-4-13-14(8-10)19-7-6-18-13/h1-5,8,11,16H,6-7,9,15H2. The molecule has 0 aliphatic carbocycles. The highest BCUT2D eigenvalue weighted by atomic mass is 16.6. The highest BCUT2D eigenvalue weighted by Crippen LogP contribution is 2.33. The number of hydrogen-bond acceptors (Lipinski definition) is 5. The molecular weight excluding hydrogens is 244 g/mol. The first kappa shape index (κ1) is 11.9. The van der Waals surface area contributed by atoms with Crippen molar-refractivity contribution in [2.75, 3.05) is 25.1 Å². The van der Waals surface area contributed by atoms with Crippen molar-refractivity contribution >= 4 is 5.69 Å². The molecule has 5 heteroatoms. The first-order valence-electron chi connectivity index (χ1n) is 6.26. The molecule has 1 unspecified atom stereocenters. The second-order valence-corrected chi connectivity index (χ2v) is 4.31. The molecule has 2 heterocycles. The van der Waals surface area contributed by atoms with Gasteiger partial charge in [-0.3, -0.25) is 0 Å². The lowest BCUT2D eigenvalue weighted by Crippen LogP contribution is -2.20. The minimum Gasteiger partial charge on any atom is -0.486 e. The normalized spacial score (nSPS) is 15.0. The molecule has 2 aromatic rings. The second-order valence-electron chi connectivity index (χ2n) is 4.31. The lowest BCUT2D eigenvalue weighted by molar-refractivity contribution is 0.171. The molecule has 3 rings (SSSR count). The summed E-state index contributed by atoms with van der Waals surface area (Å²) in [6.07, 6.45) is 1.64. The molecule has 1 aliphatic heterocycles. The van der Waals surface area contributed by atoms with Crippen molar-refractivity contribution in [2.45, 2.75) is 6.04 Å². The van der Waals surface area contributed by atoms with E-state index in [0.29, 0.717) is 19.8 Å². The number of benzene rings is 1. The van der Waals surface area contributed by atoms with Crippen LogP contribution in [0.1, 0.15) is 11.8 Å². The predicted molar refractivity (Wildman–Crippen MR) is 71.6 cm³/mol. The maximum absolute atomic E-state index is 5.77. The number of hydrogen-bond donors (Lipinski definition) is 2. The van der Waals surface area contributed by atoms with Crippen molar-refractivity contribution in [3.05, 3.63) is 42.4 Å². The highest BCUT2D eigenvalue weighted by Gasteiger charge is 2.15. The van der Waals surface area contributed by atoms with E-state index in [1.54, 1.807) is 6.26 Å². The average molecular weight is 260 g/mol. The Balaban J connectivity index is 1.79. The Kier molecular flexibility index (Phi) is 3.29. The van der Waals surface area contributed by atoms with Crippen LogP contribution in [0, 0.1) is 0 Å². The number of ether oxygens (including phenoxy) is 2. The van der Waals surface area contributed by atoms with Gasteiger partial charge in [0.2, 0.25) is 0 Å². The zero-order valence-electron chi connectivity index (χ0n) is 10.5. The van der Waals surface area contributed by atoms with Gasteiger partial charge in [-0.05, 0) is 24.3 Å². The molecule has 100 valence electrons. The lowest BCUT2D eigenvalue weighted by atomic mass is 10.2. The fourth-order valence-corrected chi connectivity index (χ4v) is 2.07. The van der Waals surface area contributed by atoms with Gasteiger partial charge in [-0.15, -0.1) is 0 Å². The summed E-state index contributed by atoms with van der Waals surface area (Å²) < 4.78 is 16.4. The van der Waals surface area contributed by atoms with Crippen LogP contribution < -0.4 is 20.5 Å². The summed E-state index contributed by atoms with van der Waals surface area (Å²) in [5.41, 5.74) is 6.70. The quantitative estimate of drug-likeness (QED) is 0.881. The fraction of sp³-hybridized carbons (Fsp3) is 0.286. The van der Waals surface area contributed by atoms with Gasteiger partial charge >= 0.3 is 0 Å². The molecule has 1 aromatic heterocycles. The lowest BCUT2D eigenvalue weighted by Gasteiger charge is -2.21. The van der Waals surface area contributed by atoms with Crippen LogP contribution in [0.15, 0.2) is 41.0 Å². The molecule has 0 saturated carbocycles. The van der Waals surface area contributed by atoms with Gasteiger partial charge in [0.05, 0.1) is 12.3 Å². The van der Waals surface area contributed by atoms with Crippen LogP contribution in [0.4, 0.5) is 5.69 Å². The Labute approximate surface area is 111 Å². The van der Waals surface area contributed by atoms with Crippen molar-refractivity contribution in [3.8, 4) is 11.5 Å². The molecule has 0 amide bonds. The minimum atomic E-state index is -0.0578. The van der Waals surface area contributed by atoms with Crippen molar-refractivity contribution in [3.63, 3.8) is 0 Å². The van der Waals surface area contributed by atoms with Gasteiger partial charge in [-0.25, -0.2) is 0 Å². The highest BCUT2D eigenvalue weighted by molar-refractivity contribution is 5.56. The molecule has 1 atom stereocenters. The van der Waals surface area contributed by atoms with Crippen molar-refractivity contribution in [1.82, 2.24) is 0 Å². The van der Waals surface area contributed by atoms with Crippen LogP contribution in [-0.2, 0) is 0 Å². The average Bonchev–Trinajstić information content (AvgIpc) is 2.98. The molecule has 19 heavy (non-hydrogen) atoms. The summed E-state index contributed by atoms with van der Waals surface area (Å²) >= 11 is 0. The predicted octanol–water partition coefficient (Wildman–Crippen LogP) is 2.16. The number of nitrogens with one attached hydrogen (secondary N) is 1. The number of nitrogens with two attached hydrogens (primary N) is 1. The number of furan rings is 1. The SMILES string of the molecule is NCC(Nc1ccc2c(c1)OCCO2)c1ccco1. The molecule has 1 aliphatic rings. The zero-order valence-corrected chi connectivity index (χ0v) is 10.5. The Morgan fingerprint density at radius 1 is 1.16 bits per heavy atom. The van der Waals surface area contributed by atoms with Crippen molar-refractivity contribution < 1.29 is 13.9 Å². The van der Waals surface area contributed by atoms with Crippen LogP contribution in [0.5, 0.6) is 11.5 Å². The monoisotopic (exact) mass is 260 g/mol. The molecule has 0 radical (unpaired) electrons. The summed E-state index contributed by atoms with van der Waals surface area (Å²) in [6, 6.07) is 9.45. The molecule has 0 spiro atoms. The van der Waals surface area contributed by atoms with E-state index < -0.39 is 0 Å². The first-order chi connectivity index (χ1) is 9.36. The van der Waals surface area contributed by atoms with E-state index >= 15 is 0 Å². The third-order valence-electron chi connectivity index (χ3n) is 3.01. The second kappa shape index (κ2) is 5.24. The van der Waals surface area contributed by atoms with Crippen LogP contribution in [-0.4, -0.2) is 19.8 Å². The number of rotatable bonds is 4. The van der Waals surface area contributed by atoms with Gasteiger partial charge < -0.3 is 24.9 Å². The number of anilines is 1.